The van der Waals surface area contributed by atoms with E-state index >= 15 is 0 Å². The average molecular weight is 197 g/mol. The molecule has 1 rings (SSSR count). The number of hydrogen-bond donors (Lipinski definition) is 2. The lowest BCUT2D eigenvalue weighted by molar-refractivity contribution is 0.286. The molecule has 0 aromatic carbocycles. The smallest absolute Gasteiger partial charge is 0.0945 e. The van der Waals surface area contributed by atoms with Crippen molar-refractivity contribution in [2.24, 2.45) is 0 Å². The van der Waals surface area contributed by atoms with E-state index in [1.165, 1.54) is 12.8 Å². The first-order chi connectivity index (χ1) is 6.93. The standard InChI is InChI=1S/C10H19N3O/c14-9-3-5-11-4-1-2-7-13-8-6-12-10-13/h6,8,10-11,14H,1-5,7,9H2. The van der Waals surface area contributed by atoms with E-state index in [1.807, 2.05) is 12.5 Å². The molecule has 0 spiro atoms. The molecule has 1 heterocycles. The van der Waals surface area contributed by atoms with E-state index < -0.39 is 0 Å². The van der Waals surface area contributed by atoms with Crippen LogP contribution < -0.4 is 5.32 Å². The van der Waals surface area contributed by atoms with Gasteiger partial charge in [-0.25, -0.2) is 4.98 Å². The summed E-state index contributed by atoms with van der Waals surface area (Å²) in [7, 11) is 0. The molecule has 0 atom stereocenters. The second-order valence-corrected chi connectivity index (χ2v) is 3.33. The van der Waals surface area contributed by atoms with Gasteiger partial charge in [0, 0.05) is 25.5 Å². The molecule has 0 aliphatic rings. The number of unbranched alkanes of at least 4 members (excludes halogenated alkanes) is 1. The van der Waals surface area contributed by atoms with Crippen LogP contribution in [0.25, 0.3) is 0 Å². The molecular formula is C10H19N3O. The van der Waals surface area contributed by atoms with Gasteiger partial charge in [-0.1, -0.05) is 0 Å². The molecule has 0 radical (unpaired) electrons. The summed E-state index contributed by atoms with van der Waals surface area (Å²) in [5, 5.41) is 11.8. The Hall–Kier alpha value is -0.870. The second-order valence-electron chi connectivity index (χ2n) is 3.33. The minimum Gasteiger partial charge on any atom is -0.396 e. The van der Waals surface area contributed by atoms with Crippen molar-refractivity contribution in [1.82, 2.24) is 14.9 Å². The summed E-state index contributed by atoms with van der Waals surface area (Å²) in [6, 6.07) is 0. The lowest BCUT2D eigenvalue weighted by Gasteiger charge is -2.03. The van der Waals surface area contributed by atoms with Crippen LogP contribution in [0.1, 0.15) is 19.3 Å². The van der Waals surface area contributed by atoms with Crippen LogP contribution in [-0.2, 0) is 6.54 Å². The molecule has 4 nitrogen and oxygen atoms in total. The largest absolute Gasteiger partial charge is 0.396 e. The maximum absolute atomic E-state index is 8.54. The summed E-state index contributed by atoms with van der Waals surface area (Å²) in [6.45, 7) is 3.28. The van der Waals surface area contributed by atoms with Gasteiger partial charge in [-0.05, 0) is 32.4 Å². The quantitative estimate of drug-likeness (QED) is 0.601. The fourth-order valence-corrected chi connectivity index (χ4v) is 1.29. The molecule has 0 aliphatic carbocycles. The molecule has 2 N–H and O–H groups in total. The molecule has 0 unspecified atom stereocenters. The van der Waals surface area contributed by atoms with Crippen LogP contribution in [0.2, 0.25) is 0 Å². The van der Waals surface area contributed by atoms with Crippen molar-refractivity contribution in [3.8, 4) is 0 Å². The van der Waals surface area contributed by atoms with Crippen LogP contribution in [0.3, 0.4) is 0 Å². The molecular weight excluding hydrogens is 178 g/mol. The fourth-order valence-electron chi connectivity index (χ4n) is 1.29. The number of nitrogens with zero attached hydrogens (tertiary/aromatic N) is 2. The van der Waals surface area contributed by atoms with Crippen LogP contribution >= 0.6 is 0 Å². The molecule has 0 amide bonds. The monoisotopic (exact) mass is 197 g/mol. The van der Waals surface area contributed by atoms with Gasteiger partial charge < -0.3 is 15.0 Å². The van der Waals surface area contributed by atoms with E-state index in [9.17, 15) is 0 Å². The van der Waals surface area contributed by atoms with Crippen molar-refractivity contribution in [3.63, 3.8) is 0 Å². The molecule has 14 heavy (non-hydrogen) atoms. The van der Waals surface area contributed by atoms with Gasteiger partial charge in [-0.15, -0.1) is 0 Å². The number of aryl methyl sites for hydroxylation is 1. The third-order valence-corrected chi connectivity index (χ3v) is 2.09. The maximum atomic E-state index is 8.54. The minimum atomic E-state index is 0.280. The third-order valence-electron chi connectivity index (χ3n) is 2.09. The predicted molar refractivity (Wildman–Crippen MR) is 56.0 cm³/mol. The van der Waals surface area contributed by atoms with Gasteiger partial charge in [-0.2, -0.15) is 0 Å². The lowest BCUT2D eigenvalue weighted by atomic mass is 10.3. The van der Waals surface area contributed by atoms with Crippen LogP contribution in [0.15, 0.2) is 18.7 Å². The van der Waals surface area contributed by atoms with Crippen molar-refractivity contribution >= 4 is 0 Å². The lowest BCUT2D eigenvalue weighted by Crippen LogP contribution is -2.17. The van der Waals surface area contributed by atoms with Gasteiger partial charge in [0.1, 0.15) is 0 Å². The Morgan fingerprint density at radius 3 is 2.79 bits per heavy atom. The first-order valence-electron chi connectivity index (χ1n) is 5.21. The number of aliphatic hydroxyl groups is 1. The predicted octanol–water partition coefficient (Wildman–Crippen LogP) is 0.635. The summed E-state index contributed by atoms with van der Waals surface area (Å²) in [6.07, 6.45) is 8.82. The maximum Gasteiger partial charge on any atom is 0.0945 e. The van der Waals surface area contributed by atoms with Gasteiger partial charge in [0.25, 0.3) is 0 Å². The average Bonchev–Trinajstić information content (AvgIpc) is 2.69. The Labute approximate surface area is 85.0 Å². The molecule has 4 heteroatoms. The van der Waals surface area contributed by atoms with E-state index in [-0.39, 0.29) is 6.61 Å². The molecule has 0 saturated carbocycles. The fraction of sp³-hybridized carbons (Fsp3) is 0.700. The van der Waals surface area contributed by atoms with Crippen LogP contribution in [-0.4, -0.2) is 34.4 Å². The normalized spacial score (nSPS) is 10.6. The molecule has 0 aliphatic heterocycles. The summed E-state index contributed by atoms with van der Waals surface area (Å²) in [4.78, 5) is 3.98. The highest BCUT2D eigenvalue weighted by atomic mass is 16.3. The van der Waals surface area contributed by atoms with Gasteiger partial charge in [0.05, 0.1) is 6.33 Å². The van der Waals surface area contributed by atoms with Crippen molar-refractivity contribution in [2.75, 3.05) is 19.7 Å². The Morgan fingerprint density at radius 1 is 1.21 bits per heavy atom. The summed E-state index contributed by atoms with van der Waals surface area (Å²) in [5.41, 5.74) is 0. The summed E-state index contributed by atoms with van der Waals surface area (Å²) >= 11 is 0. The Balaban J connectivity index is 1.85. The molecule has 1 aromatic heterocycles. The zero-order valence-corrected chi connectivity index (χ0v) is 8.52. The number of aliphatic hydroxyl groups excluding tert-OH is 1. The highest BCUT2D eigenvalue weighted by Crippen LogP contribution is 1.93. The zero-order valence-electron chi connectivity index (χ0n) is 8.52. The highest BCUT2D eigenvalue weighted by molar-refractivity contribution is 4.73. The number of nitrogens with one attached hydrogen (secondary N) is 1. The second kappa shape index (κ2) is 7.53. The third kappa shape index (κ3) is 4.99. The van der Waals surface area contributed by atoms with Crippen LogP contribution in [0.5, 0.6) is 0 Å². The van der Waals surface area contributed by atoms with E-state index in [0.29, 0.717) is 0 Å². The van der Waals surface area contributed by atoms with Gasteiger partial charge >= 0.3 is 0 Å². The zero-order chi connectivity index (χ0) is 10.1. The molecule has 0 saturated heterocycles. The van der Waals surface area contributed by atoms with Crippen molar-refractivity contribution in [2.45, 2.75) is 25.8 Å². The van der Waals surface area contributed by atoms with E-state index in [2.05, 4.69) is 14.9 Å². The topological polar surface area (TPSA) is 50.1 Å². The molecule has 0 bridgehead atoms. The van der Waals surface area contributed by atoms with E-state index in [4.69, 9.17) is 5.11 Å². The van der Waals surface area contributed by atoms with Gasteiger partial charge in [0.2, 0.25) is 0 Å². The Bertz CT molecular complexity index is 211. The first-order valence-corrected chi connectivity index (χ1v) is 5.21. The SMILES string of the molecule is OCCCNCCCCn1ccnc1. The van der Waals surface area contributed by atoms with Gasteiger partial charge in [-0.3, -0.25) is 0 Å². The van der Waals surface area contributed by atoms with Gasteiger partial charge in [0.15, 0.2) is 0 Å². The first kappa shape index (κ1) is 11.2. The minimum absolute atomic E-state index is 0.280. The molecule has 0 fully saturated rings. The summed E-state index contributed by atoms with van der Waals surface area (Å²) in [5.74, 6) is 0. The van der Waals surface area contributed by atoms with Crippen molar-refractivity contribution < 1.29 is 5.11 Å². The number of imidazole rings is 1. The Kier molecular flexibility index (Phi) is 6.02. The Morgan fingerprint density at radius 2 is 2.07 bits per heavy atom. The van der Waals surface area contributed by atoms with Crippen LogP contribution in [0, 0.1) is 0 Å². The van der Waals surface area contributed by atoms with Crippen molar-refractivity contribution in [1.29, 1.82) is 0 Å². The van der Waals surface area contributed by atoms with E-state index in [0.717, 1.165) is 26.1 Å². The highest BCUT2D eigenvalue weighted by Gasteiger charge is 1.91. The van der Waals surface area contributed by atoms with E-state index in [1.54, 1.807) is 6.20 Å². The number of aromatic nitrogens is 2. The molecule has 1 aromatic rings. The number of hydrogen-bond acceptors (Lipinski definition) is 3. The van der Waals surface area contributed by atoms with Crippen molar-refractivity contribution in [3.05, 3.63) is 18.7 Å². The number of rotatable bonds is 8. The summed E-state index contributed by atoms with van der Waals surface area (Å²) < 4.78 is 2.09. The molecule has 80 valence electrons. The van der Waals surface area contributed by atoms with Crippen LogP contribution in [0.4, 0.5) is 0 Å².